The van der Waals surface area contributed by atoms with Crippen molar-refractivity contribution in [3.8, 4) is 0 Å². The normalized spacial score (nSPS) is 18.3. The molecule has 1 aliphatic heterocycles. The van der Waals surface area contributed by atoms with Gasteiger partial charge in [-0.2, -0.15) is 0 Å². The standard InChI is InChI=1S/C14H26N2O4/c1-4-19-13(17)7-8-16(10-9-15(2)3)14(18)12-6-5-11-20-12/h12H,4-11H2,1-3H3. The first-order valence-electron chi connectivity index (χ1n) is 7.25. The van der Waals surface area contributed by atoms with Crippen LogP contribution in [-0.4, -0.2) is 74.7 Å². The summed E-state index contributed by atoms with van der Waals surface area (Å²) in [6, 6.07) is 0. The maximum Gasteiger partial charge on any atom is 0.307 e. The van der Waals surface area contributed by atoms with Gasteiger partial charge in [-0.05, 0) is 33.9 Å². The van der Waals surface area contributed by atoms with Crippen molar-refractivity contribution in [2.45, 2.75) is 32.3 Å². The van der Waals surface area contributed by atoms with Gasteiger partial charge in [0.25, 0.3) is 5.91 Å². The van der Waals surface area contributed by atoms with Gasteiger partial charge < -0.3 is 19.3 Å². The van der Waals surface area contributed by atoms with Crippen molar-refractivity contribution in [3.63, 3.8) is 0 Å². The lowest BCUT2D eigenvalue weighted by Gasteiger charge is -2.26. The van der Waals surface area contributed by atoms with Crippen LogP contribution in [0.2, 0.25) is 0 Å². The van der Waals surface area contributed by atoms with Crippen LogP contribution >= 0.6 is 0 Å². The van der Waals surface area contributed by atoms with E-state index in [0.717, 1.165) is 19.4 Å². The van der Waals surface area contributed by atoms with Crippen LogP contribution in [0.4, 0.5) is 0 Å². The number of carbonyl (C=O) groups excluding carboxylic acids is 2. The molecule has 6 nitrogen and oxygen atoms in total. The van der Waals surface area contributed by atoms with Crippen LogP contribution in [0.15, 0.2) is 0 Å². The van der Waals surface area contributed by atoms with Crippen molar-refractivity contribution in [1.29, 1.82) is 0 Å². The Balaban J connectivity index is 2.49. The monoisotopic (exact) mass is 286 g/mol. The molecule has 1 heterocycles. The fourth-order valence-corrected chi connectivity index (χ4v) is 2.09. The van der Waals surface area contributed by atoms with Gasteiger partial charge in [-0.25, -0.2) is 0 Å². The molecule has 1 atom stereocenters. The van der Waals surface area contributed by atoms with E-state index in [1.54, 1.807) is 11.8 Å². The van der Waals surface area contributed by atoms with E-state index in [1.807, 2.05) is 19.0 Å². The fourth-order valence-electron chi connectivity index (χ4n) is 2.09. The smallest absolute Gasteiger partial charge is 0.307 e. The summed E-state index contributed by atoms with van der Waals surface area (Å²) in [6.45, 7) is 4.56. The van der Waals surface area contributed by atoms with Crippen LogP contribution in [0.1, 0.15) is 26.2 Å². The molecule has 1 rings (SSSR count). The van der Waals surface area contributed by atoms with Crippen molar-refractivity contribution in [2.75, 3.05) is 46.9 Å². The first kappa shape index (κ1) is 16.9. The Morgan fingerprint density at radius 3 is 2.55 bits per heavy atom. The SMILES string of the molecule is CCOC(=O)CCN(CCN(C)C)C(=O)C1CCCO1. The second kappa shape index (κ2) is 8.92. The van der Waals surface area contributed by atoms with Gasteiger partial charge in [0.15, 0.2) is 0 Å². The second-order valence-corrected chi connectivity index (χ2v) is 5.19. The molecular formula is C14H26N2O4. The zero-order valence-electron chi connectivity index (χ0n) is 12.8. The van der Waals surface area contributed by atoms with Crippen molar-refractivity contribution in [1.82, 2.24) is 9.80 Å². The number of carbonyl (C=O) groups is 2. The molecule has 1 fully saturated rings. The van der Waals surface area contributed by atoms with E-state index in [4.69, 9.17) is 9.47 Å². The third kappa shape index (κ3) is 5.88. The number of amides is 1. The van der Waals surface area contributed by atoms with Crippen LogP contribution in [0, 0.1) is 0 Å². The van der Waals surface area contributed by atoms with Gasteiger partial charge in [-0.1, -0.05) is 0 Å². The minimum atomic E-state index is -0.334. The minimum Gasteiger partial charge on any atom is -0.466 e. The van der Waals surface area contributed by atoms with Gasteiger partial charge in [-0.3, -0.25) is 9.59 Å². The molecule has 1 unspecified atom stereocenters. The Labute approximate surface area is 121 Å². The zero-order valence-corrected chi connectivity index (χ0v) is 12.8. The van der Waals surface area contributed by atoms with Crippen molar-refractivity contribution in [2.24, 2.45) is 0 Å². The Kier molecular flexibility index (Phi) is 7.54. The van der Waals surface area contributed by atoms with E-state index in [-0.39, 0.29) is 24.4 Å². The van der Waals surface area contributed by atoms with Crippen molar-refractivity contribution < 1.29 is 19.1 Å². The molecule has 6 heteroatoms. The third-order valence-corrected chi connectivity index (χ3v) is 3.23. The molecule has 1 amide bonds. The summed E-state index contributed by atoms with van der Waals surface area (Å²) in [5.74, 6) is -0.267. The number of esters is 1. The molecule has 0 bridgehead atoms. The average Bonchev–Trinajstić information content (AvgIpc) is 2.92. The molecule has 0 N–H and O–H groups in total. The van der Waals surface area contributed by atoms with E-state index in [9.17, 15) is 9.59 Å². The van der Waals surface area contributed by atoms with Crippen LogP contribution in [0.5, 0.6) is 0 Å². The molecule has 1 aliphatic rings. The first-order chi connectivity index (χ1) is 9.54. The number of hydrogen-bond acceptors (Lipinski definition) is 5. The predicted molar refractivity (Wildman–Crippen MR) is 75.4 cm³/mol. The van der Waals surface area contributed by atoms with E-state index in [2.05, 4.69) is 0 Å². The van der Waals surface area contributed by atoms with Crippen LogP contribution in [0.25, 0.3) is 0 Å². The number of ether oxygens (including phenoxy) is 2. The summed E-state index contributed by atoms with van der Waals surface area (Å²) < 4.78 is 10.3. The van der Waals surface area contributed by atoms with Crippen LogP contribution < -0.4 is 0 Å². The van der Waals surface area contributed by atoms with Crippen molar-refractivity contribution in [3.05, 3.63) is 0 Å². The highest BCUT2D eigenvalue weighted by molar-refractivity contribution is 5.81. The molecular weight excluding hydrogens is 260 g/mol. The van der Waals surface area contributed by atoms with Gasteiger partial charge in [0, 0.05) is 26.2 Å². The molecule has 0 radical (unpaired) electrons. The number of nitrogens with zero attached hydrogens (tertiary/aromatic N) is 2. The Morgan fingerprint density at radius 2 is 2.00 bits per heavy atom. The third-order valence-electron chi connectivity index (χ3n) is 3.23. The van der Waals surface area contributed by atoms with E-state index < -0.39 is 0 Å². The van der Waals surface area contributed by atoms with Gasteiger partial charge in [-0.15, -0.1) is 0 Å². The van der Waals surface area contributed by atoms with Gasteiger partial charge >= 0.3 is 5.97 Å². The molecule has 1 saturated heterocycles. The molecule has 0 spiro atoms. The molecule has 0 aromatic heterocycles. The highest BCUT2D eigenvalue weighted by atomic mass is 16.5. The highest BCUT2D eigenvalue weighted by Crippen LogP contribution is 2.15. The summed E-state index contributed by atoms with van der Waals surface area (Å²) in [5.41, 5.74) is 0. The first-order valence-corrected chi connectivity index (χ1v) is 7.25. The number of hydrogen-bond donors (Lipinski definition) is 0. The number of likely N-dealkylation sites (N-methyl/N-ethyl adjacent to an activating group) is 1. The lowest BCUT2D eigenvalue weighted by atomic mass is 10.2. The Hall–Kier alpha value is -1.14. The van der Waals surface area contributed by atoms with E-state index in [1.165, 1.54) is 0 Å². The Morgan fingerprint density at radius 1 is 1.25 bits per heavy atom. The maximum absolute atomic E-state index is 12.4. The van der Waals surface area contributed by atoms with E-state index >= 15 is 0 Å². The molecule has 0 saturated carbocycles. The quantitative estimate of drug-likeness (QED) is 0.608. The Bertz CT molecular complexity index is 314. The lowest BCUT2D eigenvalue weighted by molar-refractivity contribution is -0.146. The topological polar surface area (TPSA) is 59.1 Å². The van der Waals surface area contributed by atoms with Gasteiger partial charge in [0.05, 0.1) is 13.0 Å². The predicted octanol–water partition coefficient (Wildman–Crippen LogP) is 0.509. The van der Waals surface area contributed by atoms with Crippen LogP contribution in [0.3, 0.4) is 0 Å². The molecule has 0 aliphatic carbocycles. The largest absolute Gasteiger partial charge is 0.466 e. The second-order valence-electron chi connectivity index (χ2n) is 5.19. The lowest BCUT2D eigenvalue weighted by Crippen LogP contribution is -2.43. The molecule has 0 aromatic rings. The zero-order chi connectivity index (χ0) is 15.0. The highest BCUT2D eigenvalue weighted by Gasteiger charge is 2.28. The van der Waals surface area contributed by atoms with E-state index in [0.29, 0.717) is 26.3 Å². The van der Waals surface area contributed by atoms with Crippen molar-refractivity contribution >= 4 is 11.9 Å². The summed E-state index contributed by atoms with van der Waals surface area (Å²) in [4.78, 5) is 27.5. The summed E-state index contributed by atoms with van der Waals surface area (Å²) in [6.07, 6.45) is 1.60. The fraction of sp³-hybridized carbons (Fsp3) is 0.857. The van der Waals surface area contributed by atoms with Gasteiger partial charge in [0.1, 0.15) is 6.10 Å². The number of rotatable bonds is 8. The molecule has 20 heavy (non-hydrogen) atoms. The summed E-state index contributed by atoms with van der Waals surface area (Å²) >= 11 is 0. The summed E-state index contributed by atoms with van der Waals surface area (Å²) in [5, 5.41) is 0. The maximum atomic E-state index is 12.4. The average molecular weight is 286 g/mol. The minimum absolute atomic E-state index is 0.00588. The summed E-state index contributed by atoms with van der Waals surface area (Å²) in [7, 11) is 3.92. The van der Waals surface area contributed by atoms with Gasteiger partial charge in [0.2, 0.25) is 0 Å². The van der Waals surface area contributed by atoms with Crippen LogP contribution in [-0.2, 0) is 19.1 Å². The molecule has 116 valence electrons. The molecule has 0 aromatic carbocycles.